The van der Waals surface area contributed by atoms with E-state index in [9.17, 15) is 14.3 Å². The van der Waals surface area contributed by atoms with Crippen LogP contribution in [0.5, 0.6) is 0 Å². The Morgan fingerprint density at radius 1 is 1.36 bits per heavy atom. The topological polar surface area (TPSA) is 75.1 Å². The molecule has 2 atom stereocenters. The number of aliphatic hydroxyl groups excluding tert-OH is 1. The van der Waals surface area contributed by atoms with Crippen molar-refractivity contribution in [1.82, 2.24) is 15.3 Å². The summed E-state index contributed by atoms with van der Waals surface area (Å²) in [4.78, 5) is 19.9. The first-order chi connectivity index (χ1) is 10.4. The predicted molar refractivity (Wildman–Crippen MR) is 80.1 cm³/mol. The number of nitrogens with zero attached hydrogens (tertiary/aromatic N) is 2. The monoisotopic (exact) mass is 323 g/mol. The molecule has 2 aromatic rings. The third-order valence-corrected chi connectivity index (χ3v) is 3.47. The number of hydrogen-bond acceptors (Lipinski definition) is 4. The van der Waals surface area contributed by atoms with Crippen molar-refractivity contribution in [2.24, 2.45) is 0 Å². The van der Waals surface area contributed by atoms with Crippen molar-refractivity contribution in [2.45, 2.75) is 26.0 Å². The molecule has 1 heterocycles. The predicted octanol–water partition coefficient (Wildman–Crippen LogP) is 2.43. The van der Waals surface area contributed by atoms with Gasteiger partial charge < -0.3 is 10.4 Å². The summed E-state index contributed by atoms with van der Waals surface area (Å²) in [6, 6.07) is 3.36. The molecule has 0 saturated carbocycles. The van der Waals surface area contributed by atoms with Crippen LogP contribution in [0.2, 0.25) is 5.02 Å². The van der Waals surface area contributed by atoms with Crippen molar-refractivity contribution in [3.05, 3.63) is 58.4 Å². The number of amides is 1. The van der Waals surface area contributed by atoms with Crippen LogP contribution in [0.3, 0.4) is 0 Å². The molecule has 0 fully saturated rings. The van der Waals surface area contributed by atoms with Gasteiger partial charge in [-0.15, -0.1) is 0 Å². The number of hydrogen-bond donors (Lipinski definition) is 2. The number of benzene rings is 1. The molecule has 7 heteroatoms. The molecule has 0 aliphatic heterocycles. The van der Waals surface area contributed by atoms with Crippen LogP contribution < -0.4 is 5.32 Å². The molecular weight excluding hydrogens is 309 g/mol. The Kier molecular flexibility index (Phi) is 5.05. The molecular formula is C15H15ClFN3O2. The van der Waals surface area contributed by atoms with Crippen LogP contribution in [0.4, 0.5) is 4.39 Å². The molecule has 0 aliphatic carbocycles. The van der Waals surface area contributed by atoms with Gasteiger partial charge in [0.25, 0.3) is 5.91 Å². The smallest absolute Gasteiger partial charge is 0.271 e. The summed E-state index contributed by atoms with van der Waals surface area (Å²) in [6.07, 6.45) is 1.51. The van der Waals surface area contributed by atoms with E-state index in [2.05, 4.69) is 15.3 Å². The van der Waals surface area contributed by atoms with Gasteiger partial charge in [0, 0.05) is 16.8 Å². The largest absolute Gasteiger partial charge is 0.386 e. The van der Waals surface area contributed by atoms with Crippen LogP contribution in [-0.4, -0.2) is 27.0 Å². The zero-order valence-electron chi connectivity index (χ0n) is 12.0. The minimum atomic E-state index is -1.28. The molecule has 0 spiro atoms. The van der Waals surface area contributed by atoms with Crippen molar-refractivity contribution in [2.75, 3.05) is 0 Å². The number of rotatable bonds is 4. The fraction of sp³-hybridized carbons (Fsp3) is 0.267. The van der Waals surface area contributed by atoms with E-state index in [1.54, 1.807) is 13.8 Å². The molecule has 2 N–H and O–H groups in total. The number of carbonyl (C=O) groups is 1. The van der Waals surface area contributed by atoms with E-state index < -0.39 is 23.9 Å². The molecule has 0 unspecified atom stereocenters. The Hall–Kier alpha value is -2.05. The van der Waals surface area contributed by atoms with E-state index >= 15 is 0 Å². The van der Waals surface area contributed by atoms with E-state index in [1.165, 1.54) is 30.6 Å². The molecule has 0 saturated heterocycles. The van der Waals surface area contributed by atoms with Crippen LogP contribution in [0.25, 0.3) is 0 Å². The number of halogens is 2. The average Bonchev–Trinajstić information content (AvgIpc) is 2.47. The molecule has 1 aromatic heterocycles. The van der Waals surface area contributed by atoms with Crippen LogP contribution in [0, 0.1) is 12.7 Å². The summed E-state index contributed by atoms with van der Waals surface area (Å²) in [5.41, 5.74) is 0.749. The Labute approximate surface area is 132 Å². The highest BCUT2D eigenvalue weighted by molar-refractivity contribution is 6.31. The second kappa shape index (κ2) is 6.81. The summed E-state index contributed by atoms with van der Waals surface area (Å²) in [5, 5.41) is 12.9. The van der Waals surface area contributed by atoms with Crippen LogP contribution in [0.1, 0.15) is 34.8 Å². The fourth-order valence-electron chi connectivity index (χ4n) is 1.91. The zero-order chi connectivity index (χ0) is 16.3. The van der Waals surface area contributed by atoms with Crippen LogP contribution in [-0.2, 0) is 0 Å². The van der Waals surface area contributed by atoms with E-state index in [0.29, 0.717) is 5.69 Å². The normalized spacial score (nSPS) is 13.5. The van der Waals surface area contributed by atoms with Gasteiger partial charge in [0.05, 0.1) is 17.9 Å². The van der Waals surface area contributed by atoms with Gasteiger partial charge in [-0.2, -0.15) is 0 Å². The Balaban J connectivity index is 2.13. The quantitative estimate of drug-likeness (QED) is 0.906. The van der Waals surface area contributed by atoms with Gasteiger partial charge in [-0.25, -0.2) is 9.37 Å². The molecule has 0 bridgehead atoms. The molecule has 22 heavy (non-hydrogen) atoms. The molecule has 5 nitrogen and oxygen atoms in total. The fourth-order valence-corrected chi connectivity index (χ4v) is 2.19. The van der Waals surface area contributed by atoms with E-state index in [-0.39, 0.29) is 16.3 Å². The summed E-state index contributed by atoms with van der Waals surface area (Å²) in [6.45, 7) is 3.30. The minimum absolute atomic E-state index is 0.0491. The summed E-state index contributed by atoms with van der Waals surface area (Å²) < 4.78 is 13.8. The lowest BCUT2D eigenvalue weighted by Crippen LogP contribution is -2.37. The molecule has 116 valence electrons. The first-order valence-electron chi connectivity index (χ1n) is 6.61. The molecule has 0 radical (unpaired) electrons. The van der Waals surface area contributed by atoms with Crippen molar-refractivity contribution >= 4 is 17.5 Å². The third kappa shape index (κ3) is 3.58. The second-order valence-electron chi connectivity index (χ2n) is 4.89. The maximum atomic E-state index is 13.8. The van der Waals surface area contributed by atoms with Gasteiger partial charge in [-0.1, -0.05) is 17.7 Å². The van der Waals surface area contributed by atoms with Crippen LogP contribution >= 0.6 is 11.6 Å². The Morgan fingerprint density at radius 2 is 2.09 bits per heavy atom. The zero-order valence-corrected chi connectivity index (χ0v) is 12.8. The average molecular weight is 324 g/mol. The Morgan fingerprint density at radius 3 is 2.68 bits per heavy atom. The third-order valence-electron chi connectivity index (χ3n) is 3.14. The lowest BCUT2D eigenvalue weighted by molar-refractivity contribution is 0.0841. The minimum Gasteiger partial charge on any atom is -0.386 e. The standard InChI is InChI=1S/C15H15ClFN3O2/c1-8-6-19-12(7-18-8)15(22)20-9(2)14(21)13-10(16)4-3-5-11(13)17/h3-7,9,14,21H,1-2H3,(H,20,22)/t9-,14+/m1/s1. The number of nitrogens with one attached hydrogen (secondary N) is 1. The van der Waals surface area contributed by atoms with Crippen molar-refractivity contribution < 1.29 is 14.3 Å². The highest BCUT2D eigenvalue weighted by Gasteiger charge is 2.24. The van der Waals surface area contributed by atoms with E-state index in [1.807, 2.05) is 0 Å². The number of aryl methyl sites for hydroxylation is 1. The van der Waals surface area contributed by atoms with Gasteiger partial charge in [0.15, 0.2) is 0 Å². The lowest BCUT2D eigenvalue weighted by atomic mass is 10.0. The first kappa shape index (κ1) is 16.3. The molecule has 1 aromatic carbocycles. The van der Waals surface area contributed by atoms with Crippen molar-refractivity contribution in [3.63, 3.8) is 0 Å². The maximum Gasteiger partial charge on any atom is 0.271 e. The first-order valence-corrected chi connectivity index (χ1v) is 6.99. The van der Waals surface area contributed by atoms with Crippen LogP contribution in [0.15, 0.2) is 30.6 Å². The second-order valence-corrected chi connectivity index (χ2v) is 5.29. The highest BCUT2D eigenvalue weighted by atomic mass is 35.5. The summed E-state index contributed by atoms with van der Waals surface area (Å²) >= 11 is 5.90. The van der Waals surface area contributed by atoms with E-state index in [0.717, 1.165) is 0 Å². The number of aliphatic hydroxyl groups is 1. The molecule has 1 amide bonds. The van der Waals surface area contributed by atoms with Crippen molar-refractivity contribution in [3.8, 4) is 0 Å². The lowest BCUT2D eigenvalue weighted by Gasteiger charge is -2.21. The maximum absolute atomic E-state index is 13.8. The number of aromatic nitrogens is 2. The SMILES string of the molecule is Cc1cnc(C(=O)N[C@H](C)[C@H](O)c2c(F)cccc2Cl)cn1. The highest BCUT2D eigenvalue weighted by Crippen LogP contribution is 2.27. The van der Waals surface area contributed by atoms with Gasteiger partial charge in [-0.3, -0.25) is 9.78 Å². The van der Waals surface area contributed by atoms with Gasteiger partial charge in [0.1, 0.15) is 17.6 Å². The van der Waals surface area contributed by atoms with Gasteiger partial charge in [-0.05, 0) is 26.0 Å². The molecule has 2 rings (SSSR count). The Bertz CT molecular complexity index is 659. The van der Waals surface area contributed by atoms with E-state index in [4.69, 9.17) is 11.6 Å². The van der Waals surface area contributed by atoms with Crippen molar-refractivity contribution in [1.29, 1.82) is 0 Å². The summed E-state index contributed by atoms with van der Waals surface area (Å²) in [5.74, 6) is -1.14. The van der Waals surface area contributed by atoms with Gasteiger partial charge >= 0.3 is 0 Å². The number of carbonyl (C=O) groups excluding carboxylic acids is 1. The van der Waals surface area contributed by atoms with Gasteiger partial charge in [0.2, 0.25) is 0 Å². The summed E-state index contributed by atoms with van der Waals surface area (Å²) in [7, 11) is 0. The molecule has 0 aliphatic rings.